The van der Waals surface area contributed by atoms with Crippen LogP contribution in [-0.4, -0.2) is 71.6 Å². The third-order valence-corrected chi connectivity index (χ3v) is 15.6. The second kappa shape index (κ2) is 32.6. The molecule has 0 heterocycles. The summed E-state index contributed by atoms with van der Waals surface area (Å²) >= 11 is 0. The van der Waals surface area contributed by atoms with E-state index in [2.05, 4.69) is 39.5 Å². The van der Waals surface area contributed by atoms with Gasteiger partial charge in [0, 0.05) is 41.5 Å². The Hall–Kier alpha value is -14.9. The number of fused-ring (bicyclic) bond motifs is 6. The van der Waals surface area contributed by atoms with E-state index in [4.69, 9.17) is 56.8 Å². The first-order valence-electron chi connectivity index (χ1n) is 32.1. The molecule has 10 aromatic carbocycles. The van der Waals surface area contributed by atoms with Crippen LogP contribution < -0.4 is 56.8 Å². The number of esters is 12. The van der Waals surface area contributed by atoms with Crippen LogP contribution in [0.2, 0.25) is 0 Å². The molecule has 0 unspecified atom stereocenters. The number of hydrogen-bond acceptors (Lipinski definition) is 24. The van der Waals surface area contributed by atoms with Gasteiger partial charge in [-0.15, -0.1) is 0 Å². The van der Waals surface area contributed by atoms with Gasteiger partial charge in [-0.2, -0.15) is 0 Å². The lowest BCUT2D eigenvalue weighted by atomic mass is 9.93. The van der Waals surface area contributed by atoms with Crippen molar-refractivity contribution in [2.75, 3.05) is 0 Å². The molecule has 0 bridgehead atoms. The topological polar surface area (TPSA) is 316 Å². The van der Waals surface area contributed by atoms with E-state index in [1.165, 1.54) is 224 Å². The van der Waals surface area contributed by atoms with Crippen LogP contribution in [0.25, 0.3) is 65.8 Å². The van der Waals surface area contributed by atoms with Crippen LogP contribution in [0.5, 0.6) is 69.0 Å². The Labute approximate surface area is 614 Å². The van der Waals surface area contributed by atoms with Gasteiger partial charge in [-0.25, -0.2) is 28.8 Å². The minimum absolute atomic E-state index is 0.0218. The van der Waals surface area contributed by atoms with Crippen LogP contribution in [0.4, 0.5) is 0 Å². The van der Waals surface area contributed by atoms with Crippen molar-refractivity contribution in [3.63, 3.8) is 0 Å². The van der Waals surface area contributed by atoms with Gasteiger partial charge in [-0.3, -0.25) is 28.8 Å². The first-order chi connectivity index (χ1) is 51.4. The fourth-order valence-electron chi connectivity index (χ4n) is 10.5. The molecule has 0 spiro atoms. The number of rotatable bonds is 24. The maximum Gasteiger partial charge on any atom is 0.343 e. The molecule has 0 saturated carbocycles. The summed E-state index contributed by atoms with van der Waals surface area (Å²) < 4.78 is 68.1. The van der Waals surface area contributed by atoms with Crippen LogP contribution in [0.15, 0.2) is 221 Å². The molecule has 24 heteroatoms. The predicted octanol–water partition coefficient (Wildman–Crippen LogP) is 14.4. The quantitative estimate of drug-likeness (QED) is 0.0235. The lowest BCUT2D eigenvalue weighted by Gasteiger charge is -2.20. The van der Waals surface area contributed by atoms with Gasteiger partial charge < -0.3 is 56.8 Å². The zero-order valence-electron chi connectivity index (χ0n) is 58.4. The average Bonchev–Trinajstić information content (AvgIpc) is 0.722. The third-order valence-electron chi connectivity index (χ3n) is 15.6. The number of carbonyl (C=O) groups is 12. The molecule has 0 fully saturated rings. The van der Waals surface area contributed by atoms with Crippen LogP contribution in [0, 0.1) is 0 Å². The molecule has 0 radical (unpaired) electrons. The van der Waals surface area contributed by atoms with Crippen molar-refractivity contribution < 1.29 is 114 Å². The Kier molecular flexibility index (Phi) is 22.8. The summed E-state index contributed by atoms with van der Waals surface area (Å²) in [5.41, 5.74) is -0.590. The van der Waals surface area contributed by atoms with Gasteiger partial charge in [0.15, 0.2) is 34.5 Å². The molecule has 108 heavy (non-hydrogen) atoms. The van der Waals surface area contributed by atoms with Crippen LogP contribution >= 0.6 is 0 Å². The molecule has 24 nitrogen and oxygen atoms in total. The smallest absolute Gasteiger partial charge is 0.343 e. The standard InChI is InChI=1S/C84H60O24/c1-43(55-13-25-61(26-14-55)97-49(7)85)79(91)103-73-37-67-68(38-74(73)104-80(92)44(2)56-15-27-62(28-16-56)98-50(8)86)70-40-76(106-82(94)46(4)58-19-31-64(32-20-58)100-52(10)88)78(108-84(96)48(6)60-23-35-66(36-24-60)102-54(12)90)42-72(70)71-41-77(107-83(95)47(5)59-21-33-65(34-22-59)101-53(11)89)75(39-69(67)71)105-81(93)45(3)57-17-29-63(30-18-57)99-51(9)87/h13-42H,1-6H2,7-12H3. The summed E-state index contributed by atoms with van der Waals surface area (Å²) in [6, 6.07) is 41.3. The molecule has 0 N–H and O–H groups in total. The van der Waals surface area contributed by atoms with E-state index in [1.807, 2.05) is 0 Å². The summed E-state index contributed by atoms with van der Waals surface area (Å²) in [6.07, 6.45) is 0. The van der Waals surface area contributed by atoms with E-state index in [0.29, 0.717) is 0 Å². The Balaban J connectivity index is 1.24. The Bertz CT molecular complexity index is 4610. The molecule has 10 aromatic rings. The largest absolute Gasteiger partial charge is 0.427 e. The highest BCUT2D eigenvalue weighted by Crippen LogP contribution is 2.49. The monoisotopic (exact) mass is 1450 g/mol. The molecule has 0 aromatic heterocycles. The van der Waals surface area contributed by atoms with Crippen molar-refractivity contribution in [1.82, 2.24) is 0 Å². The minimum atomic E-state index is -1.13. The molecule has 0 saturated heterocycles. The maximum atomic E-state index is 14.7. The SMILES string of the molecule is C=C(C(=O)Oc1cc2c3cc(OC(=O)C(=C)c4ccc(OC(C)=O)cc4)c(OC(=O)C(=C)c4ccc(OC(C)=O)cc4)cc3c3cc(OC(=O)C(=C)c4ccc(OC(C)=O)cc4)c(OC(=O)C(=C)c4ccc(OC(C)=O)cc4)cc3c2cc1OC(=O)C(=C)c1ccc(OC(C)=O)cc1)c1ccc(OC(C)=O)cc1. The van der Waals surface area contributed by atoms with Crippen molar-refractivity contribution in [2.24, 2.45) is 0 Å². The van der Waals surface area contributed by atoms with E-state index in [9.17, 15) is 57.5 Å². The van der Waals surface area contributed by atoms with Gasteiger partial charge in [0.2, 0.25) is 0 Å². The van der Waals surface area contributed by atoms with Crippen molar-refractivity contribution in [1.29, 1.82) is 0 Å². The molecule has 0 aliphatic heterocycles. The Morgan fingerprint density at radius 2 is 0.296 bits per heavy atom. The average molecular weight is 1450 g/mol. The lowest BCUT2D eigenvalue weighted by Crippen LogP contribution is -2.15. The molecular formula is C84H60O24. The summed E-state index contributed by atoms with van der Waals surface area (Å²) in [4.78, 5) is 159. The first kappa shape index (κ1) is 75.7. The van der Waals surface area contributed by atoms with E-state index in [1.54, 1.807) is 0 Å². The lowest BCUT2D eigenvalue weighted by molar-refractivity contribution is -0.132. The normalized spacial score (nSPS) is 10.6. The molecule has 10 rings (SSSR count). The number of benzene rings is 10. The van der Waals surface area contributed by atoms with Crippen molar-refractivity contribution in [3.8, 4) is 69.0 Å². The molecule has 540 valence electrons. The van der Waals surface area contributed by atoms with E-state index >= 15 is 0 Å². The summed E-state index contributed by atoms with van der Waals surface area (Å²) in [5.74, 6) is -12.7. The highest BCUT2D eigenvalue weighted by atomic mass is 16.6. The minimum Gasteiger partial charge on any atom is -0.427 e. The van der Waals surface area contributed by atoms with E-state index in [0.717, 1.165) is 0 Å². The highest BCUT2D eigenvalue weighted by molar-refractivity contribution is 6.29. The summed E-state index contributed by atoms with van der Waals surface area (Å²) in [6.45, 7) is 31.0. The van der Waals surface area contributed by atoms with Crippen molar-refractivity contribution >= 4 is 137 Å². The van der Waals surface area contributed by atoms with Crippen LogP contribution in [0.3, 0.4) is 0 Å². The van der Waals surface area contributed by atoms with Gasteiger partial charge in [0.25, 0.3) is 0 Å². The van der Waals surface area contributed by atoms with Gasteiger partial charge in [0.05, 0.1) is 33.4 Å². The maximum absolute atomic E-state index is 14.7. The van der Waals surface area contributed by atoms with Gasteiger partial charge in [-0.05, 0) is 175 Å². The summed E-state index contributed by atoms with van der Waals surface area (Å²) in [5, 5.41) is 0.131. The number of hydrogen-bond donors (Lipinski definition) is 0. The van der Waals surface area contributed by atoms with Gasteiger partial charge in [0.1, 0.15) is 34.5 Å². The molecule has 0 aliphatic rings. The van der Waals surface area contributed by atoms with Gasteiger partial charge in [-0.1, -0.05) is 112 Å². The van der Waals surface area contributed by atoms with E-state index in [-0.39, 0.29) is 134 Å². The van der Waals surface area contributed by atoms with Crippen LogP contribution in [0.1, 0.15) is 74.9 Å². The predicted molar refractivity (Wildman–Crippen MR) is 393 cm³/mol. The zero-order chi connectivity index (χ0) is 77.9. The fraction of sp³-hybridized carbons (Fsp3) is 0.0714. The number of carbonyl (C=O) groups excluding carboxylic acids is 12. The molecule has 0 aliphatic carbocycles. The summed E-state index contributed by atoms with van der Waals surface area (Å²) in [7, 11) is 0. The van der Waals surface area contributed by atoms with Gasteiger partial charge >= 0.3 is 71.6 Å². The second-order valence-electron chi connectivity index (χ2n) is 23.5. The Morgan fingerprint density at radius 1 is 0.185 bits per heavy atom. The molecular weight excluding hydrogens is 1390 g/mol. The van der Waals surface area contributed by atoms with Crippen LogP contribution in [-0.2, 0) is 57.5 Å². The third kappa shape index (κ3) is 18.3. The molecule has 0 amide bonds. The molecule has 0 atom stereocenters. The zero-order valence-corrected chi connectivity index (χ0v) is 58.4. The second-order valence-corrected chi connectivity index (χ2v) is 23.5. The van der Waals surface area contributed by atoms with E-state index < -0.39 is 106 Å². The Morgan fingerprint density at radius 3 is 0.398 bits per heavy atom. The van der Waals surface area contributed by atoms with Crippen molar-refractivity contribution in [3.05, 3.63) is 255 Å². The van der Waals surface area contributed by atoms with Crippen molar-refractivity contribution in [2.45, 2.75) is 41.5 Å². The number of ether oxygens (including phenoxy) is 12. The fourth-order valence-corrected chi connectivity index (χ4v) is 10.5. The highest BCUT2D eigenvalue weighted by Gasteiger charge is 2.29. The first-order valence-corrected chi connectivity index (χ1v) is 32.1.